The van der Waals surface area contributed by atoms with Crippen molar-refractivity contribution in [3.63, 3.8) is 0 Å². The lowest BCUT2D eigenvalue weighted by Crippen LogP contribution is -2.12. The summed E-state index contributed by atoms with van der Waals surface area (Å²) in [4.78, 5) is 12.6. The fourth-order valence-corrected chi connectivity index (χ4v) is 2.91. The SMILES string of the molecule is CC(C)CCOc1ccc(NC(=O)c2cccc(OCCc3ccccc3)c2)cc1. The van der Waals surface area contributed by atoms with E-state index in [2.05, 4.69) is 31.3 Å². The Morgan fingerprint density at radius 2 is 1.57 bits per heavy atom. The minimum atomic E-state index is -0.169. The molecule has 0 atom stereocenters. The van der Waals surface area contributed by atoms with Crippen LogP contribution >= 0.6 is 0 Å². The smallest absolute Gasteiger partial charge is 0.255 e. The number of benzene rings is 3. The van der Waals surface area contributed by atoms with E-state index in [-0.39, 0.29) is 5.91 Å². The molecule has 0 saturated heterocycles. The number of hydrogen-bond donors (Lipinski definition) is 1. The Balaban J connectivity index is 1.50. The molecule has 30 heavy (non-hydrogen) atoms. The van der Waals surface area contributed by atoms with Crippen molar-refractivity contribution in [3.8, 4) is 11.5 Å². The maximum atomic E-state index is 12.6. The molecule has 3 rings (SSSR count). The molecule has 0 heterocycles. The molecule has 3 aromatic carbocycles. The molecule has 3 aromatic rings. The Labute approximate surface area is 178 Å². The molecule has 1 N–H and O–H groups in total. The molecule has 4 heteroatoms. The van der Waals surface area contributed by atoms with Crippen LogP contribution in [0.1, 0.15) is 36.2 Å². The van der Waals surface area contributed by atoms with Crippen molar-refractivity contribution in [2.24, 2.45) is 5.92 Å². The van der Waals surface area contributed by atoms with Gasteiger partial charge < -0.3 is 14.8 Å². The quantitative estimate of drug-likeness (QED) is 0.453. The van der Waals surface area contributed by atoms with E-state index in [1.807, 2.05) is 54.6 Å². The zero-order chi connectivity index (χ0) is 21.2. The fourth-order valence-electron chi connectivity index (χ4n) is 2.91. The van der Waals surface area contributed by atoms with E-state index in [0.29, 0.717) is 30.4 Å². The molecule has 4 nitrogen and oxygen atoms in total. The topological polar surface area (TPSA) is 47.6 Å². The van der Waals surface area contributed by atoms with Gasteiger partial charge in [-0.1, -0.05) is 50.2 Å². The second-order valence-electron chi connectivity index (χ2n) is 7.62. The number of ether oxygens (including phenoxy) is 2. The van der Waals surface area contributed by atoms with Crippen LogP contribution in [-0.4, -0.2) is 19.1 Å². The summed E-state index contributed by atoms with van der Waals surface area (Å²) in [5.74, 6) is 1.94. The molecule has 0 spiro atoms. The minimum Gasteiger partial charge on any atom is -0.494 e. The highest BCUT2D eigenvalue weighted by molar-refractivity contribution is 6.04. The first-order chi connectivity index (χ1) is 14.6. The standard InChI is InChI=1S/C26H29NO3/c1-20(2)15-17-29-24-13-11-23(12-14-24)27-26(28)22-9-6-10-25(19-22)30-18-16-21-7-4-3-5-8-21/h3-14,19-20H,15-18H2,1-2H3,(H,27,28). The number of carbonyl (C=O) groups is 1. The van der Waals surface area contributed by atoms with Crippen LogP contribution in [-0.2, 0) is 6.42 Å². The molecule has 156 valence electrons. The van der Waals surface area contributed by atoms with Gasteiger partial charge in [-0.05, 0) is 60.4 Å². The van der Waals surface area contributed by atoms with Crippen LogP contribution < -0.4 is 14.8 Å². The van der Waals surface area contributed by atoms with Crippen molar-refractivity contribution in [1.29, 1.82) is 0 Å². The third kappa shape index (κ3) is 6.96. The monoisotopic (exact) mass is 403 g/mol. The van der Waals surface area contributed by atoms with Crippen LogP contribution in [0.5, 0.6) is 11.5 Å². The molecule has 0 saturated carbocycles. The lowest BCUT2D eigenvalue weighted by atomic mass is 10.1. The van der Waals surface area contributed by atoms with E-state index in [1.165, 1.54) is 5.56 Å². The van der Waals surface area contributed by atoms with Gasteiger partial charge in [0.25, 0.3) is 5.91 Å². The lowest BCUT2D eigenvalue weighted by Gasteiger charge is -2.10. The third-order valence-electron chi connectivity index (χ3n) is 4.67. The predicted molar refractivity (Wildman–Crippen MR) is 121 cm³/mol. The Kier molecular flexibility index (Phi) is 7.90. The molecule has 1 amide bonds. The van der Waals surface area contributed by atoms with Crippen LogP contribution in [0, 0.1) is 5.92 Å². The van der Waals surface area contributed by atoms with Gasteiger partial charge in [0.05, 0.1) is 13.2 Å². The van der Waals surface area contributed by atoms with Gasteiger partial charge in [-0.2, -0.15) is 0 Å². The third-order valence-corrected chi connectivity index (χ3v) is 4.67. The molecule has 0 unspecified atom stereocenters. The van der Waals surface area contributed by atoms with E-state index in [9.17, 15) is 4.79 Å². The highest BCUT2D eigenvalue weighted by Gasteiger charge is 2.08. The van der Waals surface area contributed by atoms with Crippen LogP contribution in [0.25, 0.3) is 0 Å². The average molecular weight is 404 g/mol. The highest BCUT2D eigenvalue weighted by Crippen LogP contribution is 2.19. The fraction of sp³-hybridized carbons (Fsp3) is 0.269. The number of nitrogens with one attached hydrogen (secondary N) is 1. The van der Waals surface area contributed by atoms with Gasteiger partial charge in [-0.15, -0.1) is 0 Å². The maximum absolute atomic E-state index is 12.6. The first kappa shape index (κ1) is 21.4. The van der Waals surface area contributed by atoms with Gasteiger partial charge in [0, 0.05) is 17.7 Å². The molecular formula is C26H29NO3. The summed E-state index contributed by atoms with van der Waals surface area (Å²) in [6.07, 6.45) is 1.84. The summed E-state index contributed by atoms with van der Waals surface area (Å²) in [5, 5.41) is 2.92. The van der Waals surface area contributed by atoms with Crippen molar-refractivity contribution < 1.29 is 14.3 Å². The maximum Gasteiger partial charge on any atom is 0.255 e. The van der Waals surface area contributed by atoms with Crippen LogP contribution in [0.15, 0.2) is 78.9 Å². The van der Waals surface area contributed by atoms with Crippen LogP contribution in [0.2, 0.25) is 0 Å². The van der Waals surface area contributed by atoms with E-state index in [0.717, 1.165) is 24.3 Å². The van der Waals surface area contributed by atoms with E-state index >= 15 is 0 Å². The van der Waals surface area contributed by atoms with Gasteiger partial charge in [0.15, 0.2) is 0 Å². The van der Waals surface area contributed by atoms with Gasteiger partial charge >= 0.3 is 0 Å². The van der Waals surface area contributed by atoms with Crippen molar-refractivity contribution >= 4 is 11.6 Å². The summed E-state index contributed by atoms with van der Waals surface area (Å²) < 4.78 is 11.5. The zero-order valence-corrected chi connectivity index (χ0v) is 17.6. The Morgan fingerprint density at radius 3 is 2.30 bits per heavy atom. The average Bonchev–Trinajstić information content (AvgIpc) is 2.76. The van der Waals surface area contributed by atoms with Crippen molar-refractivity contribution in [3.05, 3.63) is 90.0 Å². The van der Waals surface area contributed by atoms with Gasteiger partial charge in [-0.3, -0.25) is 4.79 Å². The first-order valence-corrected chi connectivity index (χ1v) is 10.4. The number of hydrogen-bond acceptors (Lipinski definition) is 3. The summed E-state index contributed by atoms with van der Waals surface area (Å²) in [7, 11) is 0. The Bertz CT molecular complexity index is 921. The summed E-state index contributed by atoms with van der Waals surface area (Å²) in [6.45, 7) is 5.60. The molecule has 0 aliphatic carbocycles. The van der Waals surface area contributed by atoms with Crippen molar-refractivity contribution in [2.45, 2.75) is 26.7 Å². The van der Waals surface area contributed by atoms with E-state index in [4.69, 9.17) is 9.47 Å². The van der Waals surface area contributed by atoms with Gasteiger partial charge in [0.1, 0.15) is 11.5 Å². The second kappa shape index (κ2) is 11.1. The van der Waals surface area contributed by atoms with E-state index in [1.54, 1.807) is 12.1 Å². The number of anilines is 1. The Hall–Kier alpha value is -3.27. The molecule has 0 fully saturated rings. The number of rotatable bonds is 10. The highest BCUT2D eigenvalue weighted by atomic mass is 16.5. The predicted octanol–water partition coefficient (Wildman–Crippen LogP) is 5.99. The van der Waals surface area contributed by atoms with Crippen LogP contribution in [0.4, 0.5) is 5.69 Å². The largest absolute Gasteiger partial charge is 0.494 e. The molecular weight excluding hydrogens is 374 g/mol. The first-order valence-electron chi connectivity index (χ1n) is 10.4. The second-order valence-corrected chi connectivity index (χ2v) is 7.62. The van der Waals surface area contributed by atoms with Crippen molar-refractivity contribution in [2.75, 3.05) is 18.5 Å². The lowest BCUT2D eigenvalue weighted by molar-refractivity contribution is 0.102. The van der Waals surface area contributed by atoms with E-state index < -0.39 is 0 Å². The number of carbonyl (C=O) groups excluding carboxylic acids is 1. The number of amides is 1. The van der Waals surface area contributed by atoms with Gasteiger partial charge in [-0.25, -0.2) is 0 Å². The molecule has 0 bridgehead atoms. The molecule has 0 aliphatic rings. The van der Waals surface area contributed by atoms with Crippen molar-refractivity contribution in [1.82, 2.24) is 0 Å². The minimum absolute atomic E-state index is 0.169. The summed E-state index contributed by atoms with van der Waals surface area (Å²) >= 11 is 0. The Morgan fingerprint density at radius 1 is 0.833 bits per heavy atom. The summed E-state index contributed by atoms with van der Waals surface area (Å²) in [6, 6.07) is 24.9. The normalized spacial score (nSPS) is 10.6. The molecule has 0 aromatic heterocycles. The molecule has 0 radical (unpaired) electrons. The van der Waals surface area contributed by atoms with Crippen LogP contribution in [0.3, 0.4) is 0 Å². The molecule has 0 aliphatic heterocycles. The zero-order valence-electron chi connectivity index (χ0n) is 17.6. The summed E-state index contributed by atoms with van der Waals surface area (Å²) in [5.41, 5.74) is 2.51. The van der Waals surface area contributed by atoms with Gasteiger partial charge in [0.2, 0.25) is 0 Å².